The Morgan fingerprint density at radius 3 is 2.81 bits per heavy atom. The number of rotatable bonds is 2. The zero-order chi connectivity index (χ0) is 14.4. The van der Waals surface area contributed by atoms with Gasteiger partial charge in [-0.05, 0) is 25.9 Å². The number of pyridine rings is 1. The fraction of sp³-hybridized carbons (Fsp3) is 0.467. The van der Waals surface area contributed by atoms with Crippen molar-refractivity contribution in [2.45, 2.75) is 32.5 Å². The molecule has 4 rings (SSSR count). The van der Waals surface area contributed by atoms with Crippen molar-refractivity contribution in [3.05, 3.63) is 34.4 Å². The molecule has 2 aromatic heterocycles. The monoisotopic (exact) mass is 286 g/mol. The largest absolute Gasteiger partial charge is 0.503 e. The van der Waals surface area contributed by atoms with Crippen LogP contribution in [0.4, 0.5) is 0 Å². The third-order valence-electron chi connectivity index (χ3n) is 4.45. The summed E-state index contributed by atoms with van der Waals surface area (Å²) in [5.41, 5.74) is 1.36. The highest BCUT2D eigenvalue weighted by Gasteiger charge is 2.24. The van der Waals surface area contributed by atoms with E-state index >= 15 is 0 Å². The molecule has 6 nitrogen and oxygen atoms in total. The van der Waals surface area contributed by atoms with Gasteiger partial charge in [0.2, 0.25) is 5.43 Å². The number of aromatic nitrogens is 3. The first-order valence-corrected chi connectivity index (χ1v) is 7.43. The lowest BCUT2D eigenvalue weighted by atomic mass is 10.2. The molecule has 0 bridgehead atoms. The number of likely N-dealkylation sites (tertiary alicyclic amines) is 1. The number of aryl methyl sites for hydroxylation is 1. The third kappa shape index (κ3) is 1.98. The van der Waals surface area contributed by atoms with Crippen LogP contribution in [0.5, 0.6) is 5.75 Å². The zero-order valence-electron chi connectivity index (χ0n) is 11.8. The fourth-order valence-electron chi connectivity index (χ4n) is 3.34. The molecule has 0 aliphatic carbocycles. The number of hydrogen-bond donors (Lipinski definition) is 1. The Bertz CT molecular complexity index is 741. The highest BCUT2D eigenvalue weighted by molar-refractivity contribution is 5.61. The first kappa shape index (κ1) is 12.6. The van der Waals surface area contributed by atoms with Crippen molar-refractivity contribution in [2.75, 3.05) is 13.1 Å². The Balaban J connectivity index is 1.76. The molecule has 21 heavy (non-hydrogen) atoms. The van der Waals surface area contributed by atoms with E-state index in [0.29, 0.717) is 11.5 Å². The lowest BCUT2D eigenvalue weighted by molar-refractivity contribution is 0.319. The smallest absolute Gasteiger partial charge is 0.223 e. The van der Waals surface area contributed by atoms with E-state index in [2.05, 4.69) is 14.5 Å². The van der Waals surface area contributed by atoms with Crippen LogP contribution in [-0.4, -0.2) is 37.2 Å². The summed E-state index contributed by atoms with van der Waals surface area (Å²) in [6, 6.07) is 1.41. The van der Waals surface area contributed by atoms with E-state index < -0.39 is 0 Å². The van der Waals surface area contributed by atoms with Crippen molar-refractivity contribution in [3.8, 4) is 17.3 Å². The predicted molar refractivity (Wildman–Crippen MR) is 78.1 cm³/mol. The molecule has 0 saturated carbocycles. The van der Waals surface area contributed by atoms with Crippen LogP contribution < -0.4 is 5.43 Å². The van der Waals surface area contributed by atoms with Crippen LogP contribution in [0, 0.1) is 0 Å². The molecule has 0 spiro atoms. The molecule has 110 valence electrons. The van der Waals surface area contributed by atoms with Gasteiger partial charge in [0.1, 0.15) is 5.69 Å². The van der Waals surface area contributed by atoms with Crippen molar-refractivity contribution in [2.24, 2.45) is 0 Å². The summed E-state index contributed by atoms with van der Waals surface area (Å²) >= 11 is 0. The second-order valence-electron chi connectivity index (χ2n) is 5.78. The van der Waals surface area contributed by atoms with Crippen molar-refractivity contribution >= 4 is 0 Å². The molecule has 0 amide bonds. The molecule has 0 radical (unpaired) electrons. The molecular weight excluding hydrogens is 268 g/mol. The van der Waals surface area contributed by atoms with Gasteiger partial charge >= 0.3 is 0 Å². The van der Waals surface area contributed by atoms with Crippen LogP contribution in [0.25, 0.3) is 11.5 Å². The van der Waals surface area contributed by atoms with Gasteiger partial charge in [0.05, 0.1) is 11.9 Å². The summed E-state index contributed by atoms with van der Waals surface area (Å²) in [5, 5.41) is 10.1. The van der Waals surface area contributed by atoms with Gasteiger partial charge in [0.15, 0.2) is 11.6 Å². The topological polar surface area (TPSA) is 63.3 Å². The zero-order valence-corrected chi connectivity index (χ0v) is 11.8. The minimum Gasteiger partial charge on any atom is -0.503 e. The van der Waals surface area contributed by atoms with Gasteiger partial charge in [-0.15, -0.1) is 0 Å². The Labute approximate surface area is 122 Å². The second-order valence-corrected chi connectivity index (χ2v) is 5.78. The molecule has 1 fully saturated rings. The fourth-order valence-corrected chi connectivity index (χ4v) is 3.34. The number of hydrogen-bond acceptors (Lipinski definition) is 4. The van der Waals surface area contributed by atoms with Gasteiger partial charge in [-0.3, -0.25) is 9.69 Å². The first-order valence-electron chi connectivity index (χ1n) is 7.43. The summed E-state index contributed by atoms with van der Waals surface area (Å²) < 4.78 is 4.03. The van der Waals surface area contributed by atoms with Gasteiger partial charge in [-0.25, -0.2) is 4.98 Å². The molecule has 4 heterocycles. The molecule has 0 atom stereocenters. The number of fused-ring (bicyclic) bond motifs is 3. The van der Waals surface area contributed by atoms with E-state index in [1.54, 1.807) is 6.20 Å². The van der Waals surface area contributed by atoms with E-state index in [-0.39, 0.29) is 11.2 Å². The average molecular weight is 286 g/mol. The van der Waals surface area contributed by atoms with Crippen LogP contribution in [0.15, 0.2) is 23.3 Å². The third-order valence-corrected chi connectivity index (χ3v) is 4.45. The van der Waals surface area contributed by atoms with E-state index in [0.717, 1.165) is 38.4 Å². The van der Waals surface area contributed by atoms with E-state index in [4.69, 9.17) is 0 Å². The summed E-state index contributed by atoms with van der Waals surface area (Å²) in [5.74, 6) is 0.502. The summed E-state index contributed by atoms with van der Waals surface area (Å²) in [7, 11) is 0. The van der Waals surface area contributed by atoms with Crippen LogP contribution in [-0.2, 0) is 19.6 Å². The Kier molecular flexibility index (Phi) is 2.85. The van der Waals surface area contributed by atoms with Crippen LogP contribution >= 0.6 is 0 Å². The molecule has 0 aromatic carbocycles. The van der Waals surface area contributed by atoms with Gasteiger partial charge in [-0.2, -0.15) is 0 Å². The Morgan fingerprint density at radius 1 is 1.19 bits per heavy atom. The molecule has 1 N–H and O–H groups in total. The maximum absolute atomic E-state index is 11.7. The molecule has 2 aromatic rings. The quantitative estimate of drug-likeness (QED) is 0.895. The maximum atomic E-state index is 11.7. The number of nitrogens with zero attached hydrogens (tertiary/aromatic N) is 4. The first-order chi connectivity index (χ1) is 10.2. The van der Waals surface area contributed by atoms with Gasteiger partial charge < -0.3 is 14.2 Å². The summed E-state index contributed by atoms with van der Waals surface area (Å²) in [6.07, 6.45) is 6.13. The predicted octanol–water partition coefficient (Wildman–Crippen LogP) is 1.03. The normalized spacial score (nSPS) is 17.7. The molecule has 0 unspecified atom stereocenters. The summed E-state index contributed by atoms with van der Waals surface area (Å²) in [6.45, 7) is 4.75. The highest BCUT2D eigenvalue weighted by Crippen LogP contribution is 2.30. The van der Waals surface area contributed by atoms with Gasteiger partial charge in [0.25, 0.3) is 0 Å². The van der Waals surface area contributed by atoms with Crippen molar-refractivity contribution in [1.29, 1.82) is 0 Å². The second kappa shape index (κ2) is 4.73. The Morgan fingerprint density at radius 2 is 2.00 bits per heavy atom. The van der Waals surface area contributed by atoms with Crippen molar-refractivity contribution in [1.82, 2.24) is 19.0 Å². The number of aromatic hydroxyl groups is 1. The summed E-state index contributed by atoms with van der Waals surface area (Å²) in [4.78, 5) is 18.6. The van der Waals surface area contributed by atoms with E-state index in [1.807, 2.05) is 10.8 Å². The standard InChI is InChI=1S/C15H18N4O2/c20-12-3-6-18-7-8-19-11(10-17-4-1-2-5-17)9-16-15(19)13(18)14(12)21/h3,6,9,21H,1-2,4-5,7-8,10H2. The number of imidazole rings is 1. The minimum atomic E-state index is -0.348. The highest BCUT2D eigenvalue weighted by atomic mass is 16.3. The average Bonchev–Trinajstić information content (AvgIpc) is 3.13. The van der Waals surface area contributed by atoms with Crippen LogP contribution in [0.1, 0.15) is 18.5 Å². The maximum Gasteiger partial charge on any atom is 0.223 e. The van der Waals surface area contributed by atoms with Crippen molar-refractivity contribution in [3.63, 3.8) is 0 Å². The Hall–Kier alpha value is -2.08. The molecular formula is C15H18N4O2. The SMILES string of the molecule is O=c1ccn2c(c1O)-c1ncc(CN3CCCC3)n1CC2. The van der Waals surface area contributed by atoms with Gasteiger partial charge in [0, 0.05) is 31.9 Å². The lowest BCUT2D eigenvalue weighted by Gasteiger charge is -2.24. The lowest BCUT2D eigenvalue weighted by Crippen LogP contribution is -2.25. The van der Waals surface area contributed by atoms with Crippen LogP contribution in [0.3, 0.4) is 0 Å². The van der Waals surface area contributed by atoms with Crippen LogP contribution in [0.2, 0.25) is 0 Å². The molecule has 2 aliphatic heterocycles. The molecule has 2 aliphatic rings. The van der Waals surface area contributed by atoms with E-state index in [1.165, 1.54) is 18.9 Å². The van der Waals surface area contributed by atoms with E-state index in [9.17, 15) is 9.90 Å². The van der Waals surface area contributed by atoms with Gasteiger partial charge in [-0.1, -0.05) is 0 Å². The molecule has 6 heteroatoms. The minimum absolute atomic E-state index is 0.197. The molecule has 1 saturated heterocycles. The van der Waals surface area contributed by atoms with Crippen molar-refractivity contribution < 1.29 is 5.11 Å².